The first-order valence-electron chi connectivity index (χ1n) is 6.19. The zero-order chi connectivity index (χ0) is 14.9. The maximum Gasteiger partial charge on any atom is 0.0900 e. The van der Waals surface area contributed by atoms with Crippen LogP contribution in [0.2, 0.25) is 15.1 Å². The summed E-state index contributed by atoms with van der Waals surface area (Å²) in [4.78, 5) is 5.67. The molecule has 1 aromatic heterocycles. The van der Waals surface area contributed by atoms with E-state index in [1.165, 1.54) is 4.88 Å². The number of nitrogens with one attached hydrogen (secondary N) is 1. The van der Waals surface area contributed by atoms with Crippen molar-refractivity contribution in [2.24, 2.45) is 0 Å². The van der Waals surface area contributed by atoms with Crippen molar-refractivity contribution in [3.63, 3.8) is 0 Å². The van der Waals surface area contributed by atoms with Crippen molar-refractivity contribution in [2.75, 3.05) is 0 Å². The fourth-order valence-corrected chi connectivity index (χ4v) is 3.66. The van der Waals surface area contributed by atoms with E-state index in [4.69, 9.17) is 34.8 Å². The Hall–Kier alpha value is -0.320. The Morgan fingerprint density at radius 3 is 2.45 bits per heavy atom. The van der Waals surface area contributed by atoms with Crippen LogP contribution >= 0.6 is 46.1 Å². The Labute approximate surface area is 138 Å². The molecule has 1 heterocycles. The van der Waals surface area contributed by atoms with E-state index >= 15 is 0 Å². The monoisotopic (exact) mass is 348 g/mol. The lowest BCUT2D eigenvalue weighted by Crippen LogP contribution is -2.18. The van der Waals surface area contributed by atoms with Crippen LogP contribution in [-0.4, -0.2) is 4.98 Å². The molecule has 0 aliphatic rings. The summed E-state index contributed by atoms with van der Waals surface area (Å²) in [5.41, 5.74) is 1.89. The Bertz CT molecular complexity index is 625. The summed E-state index contributed by atoms with van der Waals surface area (Å²) >= 11 is 20.1. The van der Waals surface area contributed by atoms with Crippen molar-refractivity contribution in [2.45, 2.75) is 33.4 Å². The number of aryl methyl sites for hydroxylation is 2. The molecule has 108 valence electrons. The maximum atomic E-state index is 6.20. The van der Waals surface area contributed by atoms with Crippen LogP contribution in [0.5, 0.6) is 0 Å². The molecule has 0 bridgehead atoms. The average molecular weight is 350 g/mol. The van der Waals surface area contributed by atoms with Gasteiger partial charge in [0.15, 0.2) is 0 Å². The summed E-state index contributed by atoms with van der Waals surface area (Å²) in [5, 5.41) is 6.15. The fourth-order valence-electron chi connectivity index (χ4n) is 2.03. The normalized spacial score (nSPS) is 12.7. The molecular formula is C14H15Cl3N2S. The summed E-state index contributed by atoms with van der Waals surface area (Å²) in [6.45, 7) is 6.71. The number of benzene rings is 1. The zero-order valence-electron chi connectivity index (χ0n) is 11.4. The van der Waals surface area contributed by atoms with E-state index in [0.717, 1.165) is 16.3 Å². The molecule has 2 rings (SSSR count). The quantitative estimate of drug-likeness (QED) is 0.730. The smallest absolute Gasteiger partial charge is 0.0900 e. The van der Waals surface area contributed by atoms with Gasteiger partial charge in [-0.3, -0.25) is 0 Å². The molecule has 20 heavy (non-hydrogen) atoms. The van der Waals surface area contributed by atoms with Crippen molar-refractivity contribution in [3.05, 3.63) is 48.3 Å². The lowest BCUT2D eigenvalue weighted by atomic mass is 10.2. The van der Waals surface area contributed by atoms with Crippen LogP contribution in [0.25, 0.3) is 0 Å². The van der Waals surface area contributed by atoms with Gasteiger partial charge in [0, 0.05) is 28.0 Å². The first kappa shape index (κ1) is 16.1. The third-order valence-corrected chi connectivity index (χ3v) is 5.51. The lowest BCUT2D eigenvalue weighted by Gasteiger charge is -2.15. The van der Waals surface area contributed by atoms with Crippen molar-refractivity contribution >= 4 is 46.1 Å². The molecule has 0 aliphatic carbocycles. The van der Waals surface area contributed by atoms with Gasteiger partial charge in [-0.25, -0.2) is 4.98 Å². The van der Waals surface area contributed by atoms with Crippen LogP contribution < -0.4 is 5.32 Å². The number of hydrogen-bond donors (Lipinski definition) is 1. The van der Waals surface area contributed by atoms with Crippen molar-refractivity contribution in [1.29, 1.82) is 0 Å². The van der Waals surface area contributed by atoms with Gasteiger partial charge >= 0.3 is 0 Å². The van der Waals surface area contributed by atoms with Gasteiger partial charge in [0.05, 0.1) is 20.7 Å². The third-order valence-electron chi connectivity index (χ3n) is 3.06. The van der Waals surface area contributed by atoms with E-state index in [1.54, 1.807) is 23.5 Å². The van der Waals surface area contributed by atoms with Gasteiger partial charge < -0.3 is 5.32 Å². The molecular weight excluding hydrogens is 335 g/mol. The number of thiazole rings is 1. The van der Waals surface area contributed by atoms with Gasteiger partial charge in [-0.2, -0.15) is 0 Å². The second kappa shape index (κ2) is 6.63. The van der Waals surface area contributed by atoms with Crippen LogP contribution in [0, 0.1) is 13.8 Å². The molecule has 1 atom stereocenters. The highest BCUT2D eigenvalue weighted by molar-refractivity contribution is 7.11. The summed E-state index contributed by atoms with van der Waals surface area (Å²) < 4.78 is 0. The fraction of sp³-hybridized carbons (Fsp3) is 0.357. The topological polar surface area (TPSA) is 24.9 Å². The Balaban J connectivity index is 2.13. The number of aromatic nitrogens is 1. The minimum atomic E-state index is 0.187. The van der Waals surface area contributed by atoms with Crippen LogP contribution in [0.15, 0.2) is 12.1 Å². The van der Waals surface area contributed by atoms with Gasteiger partial charge in [-0.15, -0.1) is 11.3 Å². The van der Waals surface area contributed by atoms with E-state index in [0.29, 0.717) is 21.6 Å². The van der Waals surface area contributed by atoms with Gasteiger partial charge in [0.2, 0.25) is 0 Å². The predicted molar refractivity (Wildman–Crippen MR) is 88.3 cm³/mol. The summed E-state index contributed by atoms with van der Waals surface area (Å²) in [7, 11) is 0. The second-order valence-corrected chi connectivity index (χ2v) is 7.03. The highest BCUT2D eigenvalue weighted by atomic mass is 35.5. The Morgan fingerprint density at radius 1 is 1.20 bits per heavy atom. The van der Waals surface area contributed by atoms with Crippen LogP contribution in [0.4, 0.5) is 0 Å². The van der Waals surface area contributed by atoms with Crippen LogP contribution in [0.1, 0.15) is 34.1 Å². The van der Waals surface area contributed by atoms with E-state index in [-0.39, 0.29) is 6.04 Å². The SMILES string of the molecule is Cc1nc(C)c(C(C)NCc2c(Cl)ccc(Cl)c2Cl)s1. The van der Waals surface area contributed by atoms with Crippen LogP contribution in [0.3, 0.4) is 0 Å². The van der Waals surface area contributed by atoms with E-state index < -0.39 is 0 Å². The third kappa shape index (κ3) is 3.46. The van der Waals surface area contributed by atoms with Gasteiger partial charge in [0.25, 0.3) is 0 Å². The largest absolute Gasteiger partial charge is 0.305 e. The Morgan fingerprint density at radius 2 is 1.85 bits per heavy atom. The standard InChI is InChI=1S/C14H15Cl3N2S/c1-7(14-8(2)19-9(3)20-14)18-6-10-11(15)4-5-12(16)13(10)17/h4-5,7,18H,6H2,1-3H3. The van der Waals surface area contributed by atoms with E-state index in [1.807, 2.05) is 13.8 Å². The predicted octanol–water partition coefficient (Wildman–Crippen LogP) is 5.57. The number of rotatable bonds is 4. The lowest BCUT2D eigenvalue weighted by molar-refractivity contribution is 0.579. The minimum Gasteiger partial charge on any atom is -0.305 e. The number of hydrogen-bond acceptors (Lipinski definition) is 3. The van der Waals surface area contributed by atoms with Crippen molar-refractivity contribution in [1.82, 2.24) is 10.3 Å². The molecule has 6 heteroatoms. The molecule has 0 aliphatic heterocycles. The molecule has 2 aromatic rings. The molecule has 0 amide bonds. The van der Waals surface area contributed by atoms with E-state index in [2.05, 4.69) is 17.2 Å². The molecule has 0 saturated carbocycles. The first-order chi connectivity index (χ1) is 9.40. The Kier molecular flexibility index (Phi) is 5.32. The summed E-state index contributed by atoms with van der Waals surface area (Å²) in [6, 6.07) is 3.65. The molecule has 1 unspecified atom stereocenters. The van der Waals surface area contributed by atoms with Gasteiger partial charge in [-0.05, 0) is 32.9 Å². The second-order valence-electron chi connectivity index (χ2n) is 4.61. The first-order valence-corrected chi connectivity index (χ1v) is 8.15. The highest BCUT2D eigenvalue weighted by Crippen LogP contribution is 2.32. The molecule has 0 radical (unpaired) electrons. The summed E-state index contributed by atoms with van der Waals surface area (Å²) in [6.07, 6.45) is 0. The van der Waals surface area contributed by atoms with Crippen molar-refractivity contribution in [3.8, 4) is 0 Å². The van der Waals surface area contributed by atoms with Gasteiger partial charge in [-0.1, -0.05) is 34.8 Å². The minimum absolute atomic E-state index is 0.187. The van der Waals surface area contributed by atoms with E-state index in [9.17, 15) is 0 Å². The van der Waals surface area contributed by atoms with Crippen LogP contribution in [-0.2, 0) is 6.54 Å². The molecule has 0 saturated heterocycles. The molecule has 0 fully saturated rings. The number of halogens is 3. The molecule has 1 N–H and O–H groups in total. The highest BCUT2D eigenvalue weighted by Gasteiger charge is 2.15. The average Bonchev–Trinajstić information content (AvgIpc) is 2.73. The molecule has 2 nitrogen and oxygen atoms in total. The molecule has 1 aromatic carbocycles. The maximum absolute atomic E-state index is 6.20. The number of nitrogens with zero attached hydrogens (tertiary/aromatic N) is 1. The zero-order valence-corrected chi connectivity index (χ0v) is 14.5. The summed E-state index contributed by atoms with van der Waals surface area (Å²) in [5.74, 6) is 0. The van der Waals surface area contributed by atoms with Gasteiger partial charge in [0.1, 0.15) is 0 Å². The van der Waals surface area contributed by atoms with Crippen molar-refractivity contribution < 1.29 is 0 Å². The molecule has 0 spiro atoms.